The van der Waals surface area contributed by atoms with Gasteiger partial charge in [0.1, 0.15) is 0 Å². The first-order valence-electron chi connectivity index (χ1n) is 7.68. The van der Waals surface area contributed by atoms with Crippen molar-refractivity contribution in [2.75, 3.05) is 13.2 Å². The third kappa shape index (κ3) is 3.69. The van der Waals surface area contributed by atoms with Crippen molar-refractivity contribution in [1.82, 2.24) is 5.32 Å². The molecule has 2 heteroatoms. The summed E-state index contributed by atoms with van der Waals surface area (Å²) < 4.78 is 5.76. The van der Waals surface area contributed by atoms with E-state index >= 15 is 0 Å². The van der Waals surface area contributed by atoms with Gasteiger partial charge in [0, 0.05) is 19.2 Å². The van der Waals surface area contributed by atoms with Gasteiger partial charge in [0.2, 0.25) is 0 Å². The van der Waals surface area contributed by atoms with Crippen molar-refractivity contribution in [1.29, 1.82) is 0 Å². The number of ether oxygens (including phenoxy) is 1. The molecule has 1 aliphatic carbocycles. The SMILES string of the molecule is CCC1CCCC(NCC2CCOC2CC)C1. The van der Waals surface area contributed by atoms with Gasteiger partial charge in [-0.1, -0.05) is 33.1 Å². The van der Waals surface area contributed by atoms with Crippen molar-refractivity contribution in [3.05, 3.63) is 0 Å². The molecule has 2 rings (SSSR count). The molecule has 0 amide bonds. The lowest BCUT2D eigenvalue weighted by Gasteiger charge is -2.30. The fourth-order valence-corrected chi connectivity index (χ4v) is 3.54. The molecule has 1 N–H and O–H groups in total. The molecule has 1 heterocycles. The molecule has 2 aliphatic rings. The highest BCUT2D eigenvalue weighted by molar-refractivity contribution is 4.82. The van der Waals surface area contributed by atoms with Gasteiger partial charge in [0.25, 0.3) is 0 Å². The summed E-state index contributed by atoms with van der Waals surface area (Å²) in [6.45, 7) is 6.74. The molecule has 0 aromatic rings. The quantitative estimate of drug-likeness (QED) is 0.794. The molecule has 1 saturated heterocycles. The second kappa shape index (κ2) is 6.75. The highest BCUT2D eigenvalue weighted by atomic mass is 16.5. The standard InChI is InChI=1S/C15H29NO/c1-3-12-6-5-7-14(10-12)16-11-13-8-9-17-15(13)4-2/h12-16H,3-11H2,1-2H3. The number of hydrogen-bond donors (Lipinski definition) is 1. The fraction of sp³-hybridized carbons (Fsp3) is 1.00. The third-order valence-corrected chi connectivity index (χ3v) is 4.78. The maximum absolute atomic E-state index is 5.76. The summed E-state index contributed by atoms with van der Waals surface area (Å²) in [5, 5.41) is 3.81. The van der Waals surface area contributed by atoms with E-state index < -0.39 is 0 Å². The van der Waals surface area contributed by atoms with Crippen LogP contribution >= 0.6 is 0 Å². The minimum atomic E-state index is 0.521. The topological polar surface area (TPSA) is 21.3 Å². The number of hydrogen-bond acceptors (Lipinski definition) is 2. The van der Waals surface area contributed by atoms with E-state index in [0.717, 1.165) is 24.5 Å². The molecular formula is C15H29NO. The van der Waals surface area contributed by atoms with Crippen molar-refractivity contribution in [2.45, 2.75) is 70.9 Å². The molecule has 0 aromatic heterocycles. The summed E-state index contributed by atoms with van der Waals surface area (Å²) >= 11 is 0. The smallest absolute Gasteiger partial charge is 0.0613 e. The maximum atomic E-state index is 5.76. The zero-order valence-electron chi connectivity index (χ0n) is 11.6. The zero-order valence-corrected chi connectivity index (χ0v) is 11.6. The van der Waals surface area contributed by atoms with Crippen LogP contribution in [-0.2, 0) is 4.74 Å². The first kappa shape index (κ1) is 13.4. The Balaban J connectivity index is 1.70. The van der Waals surface area contributed by atoms with Gasteiger partial charge in [-0.15, -0.1) is 0 Å². The van der Waals surface area contributed by atoms with Crippen LogP contribution in [-0.4, -0.2) is 25.3 Å². The molecule has 100 valence electrons. The van der Waals surface area contributed by atoms with E-state index in [0.29, 0.717) is 6.10 Å². The van der Waals surface area contributed by atoms with Gasteiger partial charge in [-0.25, -0.2) is 0 Å². The van der Waals surface area contributed by atoms with Gasteiger partial charge in [-0.2, -0.15) is 0 Å². The molecule has 17 heavy (non-hydrogen) atoms. The Kier molecular flexibility index (Phi) is 5.30. The van der Waals surface area contributed by atoms with Crippen molar-refractivity contribution in [3.8, 4) is 0 Å². The second-order valence-electron chi connectivity index (χ2n) is 5.91. The largest absolute Gasteiger partial charge is 0.378 e. The zero-order chi connectivity index (χ0) is 12.1. The summed E-state index contributed by atoms with van der Waals surface area (Å²) in [5.41, 5.74) is 0. The fourth-order valence-electron chi connectivity index (χ4n) is 3.54. The second-order valence-corrected chi connectivity index (χ2v) is 5.91. The van der Waals surface area contributed by atoms with E-state index in [1.54, 1.807) is 0 Å². The van der Waals surface area contributed by atoms with Crippen molar-refractivity contribution in [3.63, 3.8) is 0 Å². The minimum Gasteiger partial charge on any atom is -0.378 e. The van der Waals surface area contributed by atoms with Crippen LogP contribution in [0.4, 0.5) is 0 Å². The van der Waals surface area contributed by atoms with Crippen LogP contribution in [0.5, 0.6) is 0 Å². The molecule has 0 spiro atoms. The van der Waals surface area contributed by atoms with Crippen LogP contribution in [0.1, 0.15) is 58.8 Å². The molecule has 0 aromatic carbocycles. The van der Waals surface area contributed by atoms with E-state index in [1.165, 1.54) is 51.5 Å². The molecule has 1 aliphatic heterocycles. The van der Waals surface area contributed by atoms with E-state index in [1.807, 2.05) is 0 Å². The summed E-state index contributed by atoms with van der Waals surface area (Å²) in [7, 11) is 0. The molecule has 0 radical (unpaired) electrons. The predicted octanol–water partition coefficient (Wildman–Crippen LogP) is 3.36. The van der Waals surface area contributed by atoms with Gasteiger partial charge in [0.15, 0.2) is 0 Å². The normalized spacial score (nSPS) is 38.5. The Morgan fingerprint density at radius 1 is 1.12 bits per heavy atom. The van der Waals surface area contributed by atoms with Crippen LogP contribution in [0.15, 0.2) is 0 Å². The Labute approximate surface area is 107 Å². The lowest BCUT2D eigenvalue weighted by Crippen LogP contribution is -2.38. The Bertz CT molecular complexity index is 219. The summed E-state index contributed by atoms with van der Waals surface area (Å²) in [4.78, 5) is 0. The predicted molar refractivity (Wildman–Crippen MR) is 72.2 cm³/mol. The Hall–Kier alpha value is -0.0800. The third-order valence-electron chi connectivity index (χ3n) is 4.78. The van der Waals surface area contributed by atoms with Crippen LogP contribution < -0.4 is 5.32 Å². The monoisotopic (exact) mass is 239 g/mol. The van der Waals surface area contributed by atoms with Crippen molar-refractivity contribution in [2.24, 2.45) is 11.8 Å². The molecule has 4 atom stereocenters. The van der Waals surface area contributed by atoms with Crippen molar-refractivity contribution >= 4 is 0 Å². The van der Waals surface area contributed by atoms with Gasteiger partial charge < -0.3 is 10.1 Å². The number of rotatable bonds is 5. The van der Waals surface area contributed by atoms with Gasteiger partial charge in [0.05, 0.1) is 6.10 Å². The first-order valence-corrected chi connectivity index (χ1v) is 7.68. The van der Waals surface area contributed by atoms with E-state index in [9.17, 15) is 0 Å². The molecule has 2 nitrogen and oxygen atoms in total. The average Bonchev–Trinajstić information content (AvgIpc) is 2.84. The Morgan fingerprint density at radius 3 is 2.76 bits per heavy atom. The lowest BCUT2D eigenvalue weighted by atomic mass is 9.84. The van der Waals surface area contributed by atoms with Gasteiger partial charge >= 0.3 is 0 Å². The highest BCUT2D eigenvalue weighted by Gasteiger charge is 2.28. The van der Waals surface area contributed by atoms with E-state index in [2.05, 4.69) is 19.2 Å². The van der Waals surface area contributed by atoms with Crippen LogP contribution in [0.3, 0.4) is 0 Å². The van der Waals surface area contributed by atoms with Gasteiger partial charge in [-0.3, -0.25) is 0 Å². The summed E-state index contributed by atoms with van der Waals surface area (Å²) in [6.07, 6.45) is 9.99. The van der Waals surface area contributed by atoms with E-state index in [-0.39, 0.29) is 0 Å². The van der Waals surface area contributed by atoms with E-state index in [4.69, 9.17) is 4.74 Å². The Morgan fingerprint density at radius 2 is 2.00 bits per heavy atom. The molecular weight excluding hydrogens is 210 g/mol. The average molecular weight is 239 g/mol. The van der Waals surface area contributed by atoms with Gasteiger partial charge in [-0.05, 0) is 37.5 Å². The lowest BCUT2D eigenvalue weighted by molar-refractivity contribution is 0.0858. The molecule has 4 unspecified atom stereocenters. The number of nitrogens with one attached hydrogen (secondary N) is 1. The summed E-state index contributed by atoms with van der Waals surface area (Å²) in [6, 6.07) is 0.784. The van der Waals surface area contributed by atoms with Crippen LogP contribution in [0.2, 0.25) is 0 Å². The molecule has 0 bridgehead atoms. The van der Waals surface area contributed by atoms with Crippen LogP contribution in [0.25, 0.3) is 0 Å². The molecule has 2 fully saturated rings. The van der Waals surface area contributed by atoms with Crippen LogP contribution in [0, 0.1) is 11.8 Å². The maximum Gasteiger partial charge on any atom is 0.0613 e. The summed E-state index contributed by atoms with van der Waals surface area (Å²) in [5.74, 6) is 1.74. The highest BCUT2D eigenvalue weighted by Crippen LogP contribution is 2.28. The first-order chi connectivity index (χ1) is 8.33. The minimum absolute atomic E-state index is 0.521. The molecule has 1 saturated carbocycles. The van der Waals surface area contributed by atoms with Crippen molar-refractivity contribution < 1.29 is 4.74 Å².